The standard InChI is InChI=1S/C17H25NO5S2/c1-13-10-14(6-7-16(13)23-2)25(21,22)17-12-24(19,20)11-15(17)18-8-4-3-5-9-18/h6-7,10,15,17H,3-5,8-9,11-12H2,1-2H3/t15-,17-/m1/s1. The minimum atomic E-state index is -3.73. The third-order valence-corrected chi connectivity index (χ3v) is 9.34. The van der Waals surface area contributed by atoms with Crippen molar-refractivity contribution in [1.29, 1.82) is 0 Å². The molecule has 0 N–H and O–H groups in total. The van der Waals surface area contributed by atoms with Gasteiger partial charge in [0, 0.05) is 6.04 Å². The lowest BCUT2D eigenvalue weighted by molar-refractivity contribution is 0.178. The van der Waals surface area contributed by atoms with E-state index in [2.05, 4.69) is 4.90 Å². The van der Waals surface area contributed by atoms with E-state index in [1.165, 1.54) is 13.2 Å². The number of ether oxygens (including phenoxy) is 1. The first-order valence-electron chi connectivity index (χ1n) is 8.57. The molecule has 3 rings (SSSR count). The van der Waals surface area contributed by atoms with Crippen molar-refractivity contribution in [2.45, 2.75) is 42.4 Å². The topological polar surface area (TPSA) is 80.8 Å². The molecule has 0 radical (unpaired) electrons. The van der Waals surface area contributed by atoms with Crippen molar-refractivity contribution in [1.82, 2.24) is 4.90 Å². The second-order valence-corrected chi connectivity index (χ2v) is 11.3. The van der Waals surface area contributed by atoms with Crippen molar-refractivity contribution in [2.75, 3.05) is 31.7 Å². The highest BCUT2D eigenvalue weighted by Gasteiger charge is 2.48. The minimum absolute atomic E-state index is 0.0635. The van der Waals surface area contributed by atoms with Crippen molar-refractivity contribution in [2.24, 2.45) is 0 Å². The molecule has 0 bridgehead atoms. The monoisotopic (exact) mass is 387 g/mol. The number of hydrogen-bond acceptors (Lipinski definition) is 6. The largest absolute Gasteiger partial charge is 0.496 e. The molecule has 0 spiro atoms. The maximum Gasteiger partial charge on any atom is 0.183 e. The molecule has 8 heteroatoms. The SMILES string of the molecule is COc1ccc(S(=O)(=O)[C@@H]2CS(=O)(=O)C[C@H]2N2CCCCC2)cc1C. The van der Waals surface area contributed by atoms with Crippen LogP contribution >= 0.6 is 0 Å². The van der Waals surface area contributed by atoms with Crippen LogP contribution in [0.25, 0.3) is 0 Å². The number of aryl methyl sites for hydroxylation is 1. The summed E-state index contributed by atoms with van der Waals surface area (Å²) in [7, 11) is -5.55. The van der Waals surface area contributed by atoms with Gasteiger partial charge in [0.25, 0.3) is 0 Å². The highest BCUT2D eigenvalue weighted by Crippen LogP contribution is 2.32. The summed E-state index contributed by atoms with van der Waals surface area (Å²) >= 11 is 0. The lowest BCUT2D eigenvalue weighted by Crippen LogP contribution is -2.48. The van der Waals surface area contributed by atoms with Crippen molar-refractivity contribution in [3.63, 3.8) is 0 Å². The van der Waals surface area contributed by atoms with Crippen LogP contribution in [0.1, 0.15) is 24.8 Å². The van der Waals surface area contributed by atoms with Crippen LogP contribution in [0.3, 0.4) is 0 Å². The number of rotatable bonds is 4. The Bertz CT molecular complexity index is 842. The lowest BCUT2D eigenvalue weighted by Gasteiger charge is -2.34. The summed E-state index contributed by atoms with van der Waals surface area (Å²) in [6, 6.07) is 4.27. The van der Waals surface area contributed by atoms with Gasteiger partial charge in [-0.25, -0.2) is 16.8 Å². The number of hydrogen-bond donors (Lipinski definition) is 0. The molecule has 1 aromatic rings. The third kappa shape index (κ3) is 3.71. The molecule has 2 saturated heterocycles. The smallest absolute Gasteiger partial charge is 0.183 e. The average Bonchev–Trinajstić information content (AvgIpc) is 2.92. The van der Waals surface area contributed by atoms with Crippen LogP contribution in [0.2, 0.25) is 0 Å². The second kappa shape index (κ2) is 6.89. The summed E-state index contributed by atoms with van der Waals surface area (Å²) in [6.07, 6.45) is 3.10. The van der Waals surface area contributed by atoms with Gasteiger partial charge >= 0.3 is 0 Å². The van der Waals surface area contributed by atoms with E-state index in [4.69, 9.17) is 4.74 Å². The van der Waals surface area contributed by atoms with E-state index in [0.29, 0.717) is 5.75 Å². The van der Waals surface area contributed by atoms with E-state index < -0.39 is 31.0 Å². The van der Waals surface area contributed by atoms with E-state index in [1.54, 1.807) is 19.1 Å². The first kappa shape index (κ1) is 18.7. The lowest BCUT2D eigenvalue weighted by atomic mass is 10.1. The van der Waals surface area contributed by atoms with E-state index in [-0.39, 0.29) is 16.4 Å². The fraction of sp³-hybridized carbons (Fsp3) is 0.647. The van der Waals surface area contributed by atoms with Gasteiger partial charge in [0.15, 0.2) is 19.7 Å². The molecular formula is C17H25NO5S2. The maximum absolute atomic E-state index is 13.2. The van der Waals surface area contributed by atoms with Crippen molar-refractivity contribution < 1.29 is 21.6 Å². The van der Waals surface area contributed by atoms with Gasteiger partial charge in [-0.05, 0) is 56.6 Å². The zero-order valence-electron chi connectivity index (χ0n) is 14.6. The first-order chi connectivity index (χ1) is 11.7. The van der Waals surface area contributed by atoms with E-state index in [1.807, 2.05) is 0 Å². The number of nitrogens with zero attached hydrogens (tertiary/aromatic N) is 1. The molecule has 1 aromatic carbocycles. The molecule has 2 atom stereocenters. The van der Waals surface area contributed by atoms with Crippen LogP contribution in [0, 0.1) is 6.92 Å². The predicted molar refractivity (Wildman–Crippen MR) is 96.6 cm³/mol. The minimum Gasteiger partial charge on any atom is -0.496 e. The summed E-state index contributed by atoms with van der Waals surface area (Å²) in [4.78, 5) is 2.24. The molecule has 140 valence electrons. The van der Waals surface area contributed by atoms with Gasteiger partial charge in [0.05, 0.1) is 28.8 Å². The Kier molecular flexibility index (Phi) is 5.14. The first-order valence-corrected chi connectivity index (χ1v) is 11.9. The second-order valence-electron chi connectivity index (χ2n) is 6.96. The molecule has 0 unspecified atom stereocenters. The molecule has 0 amide bonds. The summed E-state index contributed by atoms with van der Waals surface area (Å²) < 4.78 is 56.0. The zero-order chi connectivity index (χ0) is 18.2. The van der Waals surface area contributed by atoms with E-state index in [9.17, 15) is 16.8 Å². The van der Waals surface area contributed by atoms with E-state index in [0.717, 1.165) is 37.9 Å². The highest BCUT2D eigenvalue weighted by molar-refractivity contribution is 7.96. The van der Waals surface area contributed by atoms with Gasteiger partial charge in [0.1, 0.15) is 5.75 Å². The number of piperidine rings is 1. The van der Waals surface area contributed by atoms with Crippen molar-refractivity contribution in [3.8, 4) is 5.75 Å². The van der Waals surface area contributed by atoms with Crippen LogP contribution in [0.5, 0.6) is 5.75 Å². The van der Waals surface area contributed by atoms with Gasteiger partial charge in [-0.2, -0.15) is 0 Å². The van der Waals surface area contributed by atoms with Crippen LogP contribution in [-0.4, -0.2) is 64.7 Å². The molecule has 2 heterocycles. The molecule has 2 aliphatic rings. The Morgan fingerprint density at radius 3 is 2.40 bits per heavy atom. The Hall–Kier alpha value is -1.12. The van der Waals surface area contributed by atoms with Crippen LogP contribution in [-0.2, 0) is 19.7 Å². The van der Waals surface area contributed by atoms with Gasteiger partial charge in [0.2, 0.25) is 0 Å². The number of sulfone groups is 2. The van der Waals surface area contributed by atoms with Crippen LogP contribution < -0.4 is 4.74 Å². The molecule has 2 fully saturated rings. The number of methoxy groups -OCH3 is 1. The Morgan fingerprint density at radius 1 is 1.12 bits per heavy atom. The third-order valence-electron chi connectivity index (χ3n) is 5.23. The summed E-state index contributed by atoms with van der Waals surface area (Å²) in [5, 5.41) is -0.900. The fourth-order valence-electron chi connectivity index (χ4n) is 3.89. The van der Waals surface area contributed by atoms with E-state index >= 15 is 0 Å². The quantitative estimate of drug-likeness (QED) is 0.777. The summed E-state index contributed by atoms with van der Waals surface area (Å²) in [6.45, 7) is 3.33. The fourth-order valence-corrected chi connectivity index (χ4v) is 8.80. The van der Waals surface area contributed by atoms with Gasteiger partial charge in [-0.3, -0.25) is 4.90 Å². The molecule has 2 aliphatic heterocycles. The van der Waals surface area contributed by atoms with Crippen molar-refractivity contribution in [3.05, 3.63) is 23.8 Å². The number of likely N-dealkylation sites (tertiary alicyclic amines) is 1. The Labute approximate surface area is 150 Å². The van der Waals surface area contributed by atoms with Crippen LogP contribution in [0.15, 0.2) is 23.1 Å². The van der Waals surface area contributed by atoms with Crippen LogP contribution in [0.4, 0.5) is 0 Å². The normalized spacial score (nSPS) is 27.3. The Balaban J connectivity index is 1.97. The molecule has 0 aromatic heterocycles. The molecule has 0 saturated carbocycles. The van der Waals surface area contributed by atoms with Crippen molar-refractivity contribution >= 4 is 19.7 Å². The van der Waals surface area contributed by atoms with Gasteiger partial charge in [-0.15, -0.1) is 0 Å². The maximum atomic E-state index is 13.2. The van der Waals surface area contributed by atoms with Gasteiger partial charge in [-0.1, -0.05) is 6.42 Å². The highest BCUT2D eigenvalue weighted by atomic mass is 32.2. The molecule has 25 heavy (non-hydrogen) atoms. The molecule has 6 nitrogen and oxygen atoms in total. The summed E-state index contributed by atoms with van der Waals surface area (Å²) in [5.41, 5.74) is 0.721. The van der Waals surface area contributed by atoms with Gasteiger partial charge < -0.3 is 4.74 Å². The zero-order valence-corrected chi connectivity index (χ0v) is 16.3. The number of benzene rings is 1. The Morgan fingerprint density at radius 2 is 1.80 bits per heavy atom. The average molecular weight is 388 g/mol. The molecule has 0 aliphatic carbocycles. The molecular weight excluding hydrogens is 362 g/mol. The predicted octanol–water partition coefficient (Wildman–Crippen LogP) is 1.43. The summed E-state index contributed by atoms with van der Waals surface area (Å²) in [5.74, 6) is 0.263.